The highest BCUT2D eigenvalue weighted by Gasteiger charge is 2.33. The van der Waals surface area contributed by atoms with Gasteiger partial charge in [0, 0.05) is 29.9 Å². The van der Waals surface area contributed by atoms with Crippen LogP contribution in [0.25, 0.3) is 0 Å². The fraction of sp³-hybridized carbons (Fsp3) is 0.400. The third-order valence-corrected chi connectivity index (χ3v) is 4.90. The number of phenols is 1. The second-order valence-corrected chi connectivity index (χ2v) is 8.67. The summed E-state index contributed by atoms with van der Waals surface area (Å²) in [5.74, 6) is -0.901. The Hall–Kier alpha value is -3.43. The smallest absolute Gasteiger partial charge is 0.407 e. The zero-order chi connectivity index (χ0) is 24.7. The number of hydrogen-bond donors (Lipinski definition) is 3. The molecule has 9 nitrogen and oxygen atoms in total. The molecule has 2 aromatic rings. The molecule has 0 aliphatic heterocycles. The number of carbonyl (C=O) groups excluding carboxylic acids is 3. The molecule has 0 saturated carbocycles. The van der Waals surface area contributed by atoms with Gasteiger partial charge in [0.15, 0.2) is 11.6 Å². The molecule has 1 aliphatic rings. The van der Waals surface area contributed by atoms with Gasteiger partial charge in [-0.25, -0.2) is 4.79 Å². The highest BCUT2D eigenvalue weighted by atomic mass is 16.6. The van der Waals surface area contributed by atoms with E-state index in [4.69, 9.17) is 14.2 Å². The van der Waals surface area contributed by atoms with Crippen molar-refractivity contribution >= 4 is 23.3 Å². The van der Waals surface area contributed by atoms with Crippen LogP contribution in [0.1, 0.15) is 52.6 Å². The summed E-state index contributed by atoms with van der Waals surface area (Å²) in [6.45, 7) is 7.48. The molecule has 2 aromatic carbocycles. The first kappa shape index (κ1) is 25.2. The van der Waals surface area contributed by atoms with Gasteiger partial charge in [-0.2, -0.15) is 0 Å². The van der Waals surface area contributed by atoms with Crippen LogP contribution in [0.2, 0.25) is 0 Å². The van der Waals surface area contributed by atoms with E-state index in [0.717, 1.165) is 0 Å². The third kappa shape index (κ3) is 6.33. The van der Waals surface area contributed by atoms with Crippen molar-refractivity contribution in [3.63, 3.8) is 0 Å². The minimum atomic E-state index is -0.542. The predicted molar refractivity (Wildman–Crippen MR) is 126 cm³/mol. The Bertz CT molecular complexity index is 1060. The van der Waals surface area contributed by atoms with E-state index in [1.54, 1.807) is 51.1 Å². The Morgan fingerprint density at radius 1 is 0.853 bits per heavy atom. The molecule has 1 amide bonds. The lowest BCUT2D eigenvalue weighted by atomic mass is 9.82. The number of benzene rings is 2. The molecule has 0 radical (unpaired) electrons. The number of alkyl carbamates (subject to hydrolysis) is 1. The van der Waals surface area contributed by atoms with E-state index < -0.39 is 11.7 Å². The molecular formula is C25H30N2O7. The molecule has 0 atom stereocenters. The van der Waals surface area contributed by atoms with Crippen molar-refractivity contribution in [3.05, 3.63) is 58.7 Å². The molecule has 0 bridgehead atoms. The van der Waals surface area contributed by atoms with Crippen LogP contribution in [0.15, 0.2) is 36.4 Å². The summed E-state index contributed by atoms with van der Waals surface area (Å²) < 4.78 is 16.0. The number of hydrogen-bond acceptors (Lipinski definition) is 8. The quantitative estimate of drug-likeness (QED) is 0.305. The average molecular weight is 471 g/mol. The van der Waals surface area contributed by atoms with Crippen LogP contribution >= 0.6 is 0 Å². The zero-order valence-electron chi connectivity index (χ0n) is 19.6. The maximum atomic E-state index is 13.0. The first-order chi connectivity index (χ1) is 16.2. The molecule has 182 valence electrons. The van der Waals surface area contributed by atoms with Crippen LogP contribution in [-0.4, -0.2) is 67.9 Å². The van der Waals surface area contributed by atoms with E-state index in [1.807, 2.05) is 0 Å². The molecule has 0 heterocycles. The maximum absolute atomic E-state index is 13.0. The van der Waals surface area contributed by atoms with Crippen LogP contribution in [0.4, 0.5) is 10.5 Å². The predicted octanol–water partition coefficient (Wildman–Crippen LogP) is 3.14. The fourth-order valence-electron chi connectivity index (χ4n) is 3.47. The van der Waals surface area contributed by atoms with Crippen molar-refractivity contribution in [2.45, 2.75) is 26.4 Å². The molecule has 3 N–H and O–H groups in total. The average Bonchev–Trinajstić information content (AvgIpc) is 2.78. The van der Waals surface area contributed by atoms with Gasteiger partial charge in [-0.15, -0.1) is 0 Å². The molecule has 34 heavy (non-hydrogen) atoms. The number of anilines is 1. The number of amides is 1. The first-order valence-electron chi connectivity index (χ1n) is 11.1. The van der Waals surface area contributed by atoms with Crippen LogP contribution in [0, 0.1) is 0 Å². The van der Waals surface area contributed by atoms with Crippen LogP contribution in [0.3, 0.4) is 0 Å². The molecule has 0 fully saturated rings. The molecule has 0 saturated heterocycles. The largest absolute Gasteiger partial charge is 0.507 e. The molecule has 0 unspecified atom stereocenters. The van der Waals surface area contributed by atoms with Gasteiger partial charge in [0.2, 0.25) is 0 Å². The number of carbonyl (C=O) groups is 3. The maximum Gasteiger partial charge on any atom is 0.407 e. The molecule has 9 heteroatoms. The standard InChI is InChI=1S/C25H30N2O7/c1-25(2,3)34-24(31)27-11-13-33-15-14-32-12-10-26-18-8-9-19(28)21-20(18)22(29)16-6-4-5-7-17(16)23(21)30/h4-9,26,28H,10-15H2,1-3H3,(H,27,31). The number of nitrogens with one attached hydrogen (secondary N) is 2. The second kappa shape index (κ2) is 11.1. The monoisotopic (exact) mass is 470 g/mol. The van der Waals surface area contributed by atoms with Gasteiger partial charge >= 0.3 is 6.09 Å². The van der Waals surface area contributed by atoms with Crippen molar-refractivity contribution in [1.82, 2.24) is 5.32 Å². The van der Waals surface area contributed by atoms with Gasteiger partial charge in [0.25, 0.3) is 0 Å². The van der Waals surface area contributed by atoms with Crippen LogP contribution < -0.4 is 10.6 Å². The summed E-state index contributed by atoms with van der Waals surface area (Å²) in [4.78, 5) is 37.4. The lowest BCUT2D eigenvalue weighted by molar-refractivity contribution is 0.0415. The minimum Gasteiger partial charge on any atom is -0.507 e. The summed E-state index contributed by atoms with van der Waals surface area (Å²) >= 11 is 0. The lowest BCUT2D eigenvalue weighted by Crippen LogP contribution is -2.34. The summed E-state index contributed by atoms with van der Waals surface area (Å²) in [6.07, 6.45) is -0.487. The van der Waals surface area contributed by atoms with Crippen molar-refractivity contribution in [2.24, 2.45) is 0 Å². The number of aromatic hydroxyl groups is 1. The highest BCUT2D eigenvalue weighted by molar-refractivity contribution is 6.31. The number of phenolic OH excluding ortho intramolecular Hbond substituents is 1. The van der Waals surface area contributed by atoms with Crippen molar-refractivity contribution in [2.75, 3.05) is 44.8 Å². The Balaban J connectivity index is 1.40. The second-order valence-electron chi connectivity index (χ2n) is 8.67. The first-order valence-corrected chi connectivity index (χ1v) is 11.1. The van der Waals surface area contributed by atoms with E-state index in [0.29, 0.717) is 50.8 Å². The van der Waals surface area contributed by atoms with Gasteiger partial charge in [0.1, 0.15) is 11.4 Å². The van der Waals surface area contributed by atoms with Gasteiger partial charge in [0.05, 0.1) is 37.6 Å². The topological polar surface area (TPSA) is 123 Å². The SMILES string of the molecule is CC(C)(C)OC(=O)NCCOCCOCCNc1ccc(O)c2c1C(=O)c1ccccc1C2=O. The minimum absolute atomic E-state index is 0.0167. The van der Waals surface area contributed by atoms with Gasteiger partial charge in [-0.05, 0) is 32.9 Å². The fourth-order valence-corrected chi connectivity index (χ4v) is 3.47. The van der Waals surface area contributed by atoms with Crippen LogP contribution in [-0.2, 0) is 14.2 Å². The summed E-state index contributed by atoms with van der Waals surface area (Å²) in [7, 11) is 0. The van der Waals surface area contributed by atoms with Crippen molar-refractivity contribution in [1.29, 1.82) is 0 Å². The molecular weight excluding hydrogens is 440 g/mol. The molecule has 0 spiro atoms. The van der Waals surface area contributed by atoms with E-state index >= 15 is 0 Å². The van der Waals surface area contributed by atoms with Gasteiger partial charge in [-0.1, -0.05) is 24.3 Å². The highest BCUT2D eigenvalue weighted by Crippen LogP contribution is 2.36. The Morgan fingerprint density at radius 3 is 2.06 bits per heavy atom. The molecule has 3 rings (SSSR count). The van der Waals surface area contributed by atoms with Crippen LogP contribution in [0.5, 0.6) is 5.75 Å². The van der Waals surface area contributed by atoms with Crippen molar-refractivity contribution < 1.29 is 33.7 Å². The molecule has 0 aromatic heterocycles. The number of fused-ring (bicyclic) bond motifs is 2. The van der Waals surface area contributed by atoms with Crippen molar-refractivity contribution in [3.8, 4) is 5.75 Å². The summed E-state index contributed by atoms with van der Waals surface area (Å²) in [6, 6.07) is 9.57. The van der Waals surface area contributed by atoms with Gasteiger partial charge < -0.3 is 30.0 Å². The number of rotatable bonds is 10. The Labute approximate surface area is 198 Å². The summed E-state index contributed by atoms with van der Waals surface area (Å²) in [5, 5.41) is 16.0. The lowest BCUT2D eigenvalue weighted by Gasteiger charge is -2.21. The van der Waals surface area contributed by atoms with Gasteiger partial charge in [-0.3, -0.25) is 9.59 Å². The molecule has 1 aliphatic carbocycles. The number of ketones is 2. The Kier molecular flexibility index (Phi) is 8.25. The Morgan fingerprint density at radius 2 is 1.44 bits per heavy atom. The van der Waals surface area contributed by atoms with E-state index in [2.05, 4.69) is 10.6 Å². The van der Waals surface area contributed by atoms with E-state index in [9.17, 15) is 19.5 Å². The summed E-state index contributed by atoms with van der Waals surface area (Å²) in [5.41, 5.74) is 0.723. The normalized spacial score (nSPS) is 12.7. The third-order valence-electron chi connectivity index (χ3n) is 4.90. The number of ether oxygens (including phenoxy) is 3. The zero-order valence-corrected chi connectivity index (χ0v) is 19.6. The van der Waals surface area contributed by atoms with E-state index in [-0.39, 0.29) is 34.0 Å². The van der Waals surface area contributed by atoms with E-state index in [1.165, 1.54) is 6.07 Å².